The SMILES string of the molecule is CN1CCC(NC(=O)c2cccc(-c3noc(C4CC4)n3)c2)C1=O. The van der Waals surface area contributed by atoms with Crippen molar-refractivity contribution in [2.75, 3.05) is 13.6 Å². The van der Waals surface area contributed by atoms with E-state index in [2.05, 4.69) is 15.5 Å². The quantitative estimate of drug-likeness (QED) is 0.921. The summed E-state index contributed by atoms with van der Waals surface area (Å²) in [6.45, 7) is 0.663. The zero-order chi connectivity index (χ0) is 16.7. The van der Waals surface area contributed by atoms with Gasteiger partial charge in [0.2, 0.25) is 17.6 Å². The number of benzene rings is 1. The molecule has 24 heavy (non-hydrogen) atoms. The van der Waals surface area contributed by atoms with Crippen LogP contribution in [0.4, 0.5) is 0 Å². The number of nitrogens with zero attached hydrogens (tertiary/aromatic N) is 3. The second-order valence-corrected chi connectivity index (χ2v) is 6.39. The number of carbonyl (C=O) groups excluding carboxylic acids is 2. The lowest BCUT2D eigenvalue weighted by Gasteiger charge is -2.12. The maximum atomic E-state index is 12.4. The van der Waals surface area contributed by atoms with Crippen LogP contribution in [0.3, 0.4) is 0 Å². The second-order valence-electron chi connectivity index (χ2n) is 6.39. The van der Waals surface area contributed by atoms with E-state index in [1.165, 1.54) is 0 Å². The zero-order valence-electron chi connectivity index (χ0n) is 13.4. The Bertz CT molecular complexity index is 797. The Hall–Kier alpha value is -2.70. The molecule has 1 aliphatic heterocycles. The molecule has 4 rings (SSSR count). The van der Waals surface area contributed by atoms with Gasteiger partial charge in [-0.15, -0.1) is 0 Å². The van der Waals surface area contributed by atoms with Crippen LogP contribution in [-0.2, 0) is 4.79 Å². The van der Waals surface area contributed by atoms with E-state index in [0.29, 0.717) is 36.2 Å². The van der Waals surface area contributed by atoms with E-state index in [4.69, 9.17) is 4.52 Å². The number of likely N-dealkylation sites (tertiary alicyclic amines) is 1. The zero-order valence-corrected chi connectivity index (χ0v) is 13.4. The van der Waals surface area contributed by atoms with Crippen molar-refractivity contribution in [2.24, 2.45) is 0 Å². The molecule has 0 bridgehead atoms. The highest BCUT2D eigenvalue weighted by atomic mass is 16.5. The minimum absolute atomic E-state index is 0.0493. The third-order valence-corrected chi connectivity index (χ3v) is 4.48. The summed E-state index contributed by atoms with van der Waals surface area (Å²) in [4.78, 5) is 30.3. The standard InChI is InChI=1S/C17H18N4O3/c1-21-8-7-13(17(21)23)18-15(22)12-4-2-3-11(9-12)14-19-16(24-20-14)10-5-6-10/h2-4,9-10,13H,5-8H2,1H3,(H,18,22). The Morgan fingerprint density at radius 1 is 1.33 bits per heavy atom. The molecule has 1 atom stereocenters. The number of hydrogen-bond acceptors (Lipinski definition) is 5. The van der Waals surface area contributed by atoms with Gasteiger partial charge in [-0.1, -0.05) is 17.3 Å². The van der Waals surface area contributed by atoms with Crippen molar-refractivity contribution >= 4 is 11.8 Å². The molecule has 2 aromatic rings. The average molecular weight is 326 g/mol. The number of nitrogens with one attached hydrogen (secondary N) is 1. The van der Waals surface area contributed by atoms with Crippen molar-refractivity contribution in [1.82, 2.24) is 20.4 Å². The third kappa shape index (κ3) is 2.77. The van der Waals surface area contributed by atoms with Crippen molar-refractivity contribution < 1.29 is 14.1 Å². The first-order valence-electron chi connectivity index (χ1n) is 8.11. The molecule has 2 heterocycles. The monoisotopic (exact) mass is 326 g/mol. The van der Waals surface area contributed by atoms with Gasteiger partial charge in [-0.3, -0.25) is 9.59 Å². The van der Waals surface area contributed by atoms with Crippen molar-refractivity contribution in [2.45, 2.75) is 31.2 Å². The summed E-state index contributed by atoms with van der Waals surface area (Å²) in [7, 11) is 1.74. The molecule has 1 aromatic heterocycles. The predicted octanol–water partition coefficient (Wildman–Crippen LogP) is 1.57. The largest absolute Gasteiger partial charge is 0.344 e. The van der Waals surface area contributed by atoms with Crippen LogP contribution < -0.4 is 5.32 Å². The van der Waals surface area contributed by atoms with Crippen molar-refractivity contribution in [1.29, 1.82) is 0 Å². The number of carbonyl (C=O) groups is 2. The van der Waals surface area contributed by atoms with Gasteiger partial charge in [-0.25, -0.2) is 0 Å². The van der Waals surface area contributed by atoms with Crippen molar-refractivity contribution in [3.8, 4) is 11.4 Å². The molecule has 0 radical (unpaired) electrons. The lowest BCUT2D eigenvalue weighted by molar-refractivity contribution is -0.128. The number of aromatic nitrogens is 2. The lowest BCUT2D eigenvalue weighted by atomic mass is 10.1. The number of likely N-dealkylation sites (N-methyl/N-ethyl adjacent to an activating group) is 1. The van der Waals surface area contributed by atoms with Crippen LogP contribution in [0.1, 0.15) is 41.4 Å². The third-order valence-electron chi connectivity index (χ3n) is 4.48. The van der Waals surface area contributed by atoms with Crippen LogP contribution in [-0.4, -0.2) is 46.5 Å². The Kier molecular flexibility index (Phi) is 3.55. The maximum Gasteiger partial charge on any atom is 0.251 e. The number of hydrogen-bond donors (Lipinski definition) is 1. The fraction of sp³-hybridized carbons (Fsp3) is 0.412. The first-order valence-corrected chi connectivity index (χ1v) is 8.11. The topological polar surface area (TPSA) is 88.3 Å². The molecule has 1 aliphatic carbocycles. The molecular weight excluding hydrogens is 308 g/mol. The average Bonchev–Trinajstić information content (AvgIpc) is 3.25. The smallest absolute Gasteiger partial charge is 0.251 e. The van der Waals surface area contributed by atoms with Crippen LogP contribution in [0.2, 0.25) is 0 Å². The minimum atomic E-state index is -0.446. The second kappa shape index (κ2) is 5.74. The van der Waals surface area contributed by atoms with Gasteiger partial charge < -0.3 is 14.7 Å². The van der Waals surface area contributed by atoms with E-state index in [1.807, 2.05) is 6.07 Å². The van der Waals surface area contributed by atoms with Gasteiger partial charge in [0.05, 0.1) is 0 Å². The fourth-order valence-corrected chi connectivity index (χ4v) is 2.85. The van der Waals surface area contributed by atoms with Crippen LogP contribution in [0.15, 0.2) is 28.8 Å². The number of rotatable bonds is 4. The first kappa shape index (κ1) is 14.9. The lowest BCUT2D eigenvalue weighted by Crippen LogP contribution is -2.40. The molecule has 1 saturated carbocycles. The highest BCUT2D eigenvalue weighted by Crippen LogP contribution is 2.39. The molecule has 1 unspecified atom stereocenters. The molecule has 2 fully saturated rings. The number of amides is 2. The molecule has 2 amide bonds. The van der Waals surface area contributed by atoms with Crippen LogP contribution >= 0.6 is 0 Å². The van der Waals surface area contributed by atoms with E-state index in [9.17, 15) is 9.59 Å². The van der Waals surface area contributed by atoms with Gasteiger partial charge in [0.25, 0.3) is 5.91 Å². The Morgan fingerprint density at radius 3 is 2.88 bits per heavy atom. The van der Waals surface area contributed by atoms with Crippen LogP contribution in [0, 0.1) is 0 Å². The molecular formula is C17H18N4O3. The maximum absolute atomic E-state index is 12.4. The Morgan fingerprint density at radius 2 is 2.17 bits per heavy atom. The highest BCUT2D eigenvalue weighted by Gasteiger charge is 2.31. The van der Waals surface area contributed by atoms with Crippen LogP contribution in [0.5, 0.6) is 0 Å². The first-order chi connectivity index (χ1) is 11.6. The summed E-state index contributed by atoms with van der Waals surface area (Å²) in [5.41, 5.74) is 1.21. The van der Waals surface area contributed by atoms with E-state index in [1.54, 1.807) is 30.1 Å². The summed E-state index contributed by atoms with van der Waals surface area (Å²) >= 11 is 0. The van der Waals surface area contributed by atoms with E-state index < -0.39 is 6.04 Å². The van der Waals surface area contributed by atoms with Crippen LogP contribution in [0.25, 0.3) is 11.4 Å². The Labute approximate surface area is 139 Å². The molecule has 124 valence electrons. The molecule has 7 nitrogen and oxygen atoms in total. The predicted molar refractivity (Wildman–Crippen MR) is 85.2 cm³/mol. The van der Waals surface area contributed by atoms with Gasteiger partial charge in [0.1, 0.15) is 6.04 Å². The summed E-state index contributed by atoms with van der Waals surface area (Å²) in [6.07, 6.45) is 2.82. The summed E-state index contributed by atoms with van der Waals surface area (Å²) in [6, 6.07) is 6.61. The van der Waals surface area contributed by atoms with Crippen molar-refractivity contribution in [3.05, 3.63) is 35.7 Å². The summed E-state index contributed by atoms with van der Waals surface area (Å²) in [5, 5.41) is 6.79. The van der Waals surface area contributed by atoms with Crippen molar-refractivity contribution in [3.63, 3.8) is 0 Å². The fourth-order valence-electron chi connectivity index (χ4n) is 2.85. The molecule has 1 saturated heterocycles. The minimum Gasteiger partial charge on any atom is -0.344 e. The summed E-state index contributed by atoms with van der Waals surface area (Å²) < 4.78 is 5.26. The van der Waals surface area contributed by atoms with Gasteiger partial charge in [-0.05, 0) is 31.4 Å². The highest BCUT2D eigenvalue weighted by molar-refractivity contribution is 5.98. The summed E-state index contributed by atoms with van der Waals surface area (Å²) in [5.74, 6) is 1.23. The van der Waals surface area contributed by atoms with E-state index in [0.717, 1.165) is 18.4 Å². The van der Waals surface area contributed by atoms with Gasteiger partial charge in [0, 0.05) is 30.6 Å². The normalized spacial score (nSPS) is 20.5. The van der Waals surface area contributed by atoms with Gasteiger partial charge >= 0.3 is 0 Å². The van der Waals surface area contributed by atoms with Gasteiger partial charge in [-0.2, -0.15) is 4.98 Å². The molecule has 0 spiro atoms. The van der Waals surface area contributed by atoms with E-state index in [-0.39, 0.29) is 11.8 Å². The Balaban J connectivity index is 1.51. The molecule has 2 aliphatic rings. The molecule has 7 heteroatoms. The molecule has 1 N–H and O–H groups in total. The van der Waals surface area contributed by atoms with Gasteiger partial charge in [0.15, 0.2) is 0 Å². The molecule has 1 aromatic carbocycles. The van der Waals surface area contributed by atoms with E-state index >= 15 is 0 Å².